The van der Waals surface area contributed by atoms with E-state index in [1.54, 1.807) is 40.9 Å². The molecular weight excluding hydrogens is 439 g/mol. The van der Waals surface area contributed by atoms with Gasteiger partial charge in [-0.1, -0.05) is 60.8 Å². The molecule has 1 heterocycles. The molecule has 1 saturated heterocycles. The van der Waals surface area contributed by atoms with E-state index in [1.165, 1.54) is 0 Å². The third-order valence-corrected chi connectivity index (χ3v) is 7.50. The van der Waals surface area contributed by atoms with Crippen molar-refractivity contribution in [3.05, 3.63) is 69.2 Å². The maximum atomic E-state index is 13.5. The first-order chi connectivity index (χ1) is 14.2. The maximum absolute atomic E-state index is 13.5. The summed E-state index contributed by atoms with van der Waals surface area (Å²) < 4.78 is 0. The Bertz CT molecular complexity index is 933. The summed E-state index contributed by atoms with van der Waals surface area (Å²) in [5.41, 5.74) is 2.48. The number of carbonyl (C=O) groups excluding carboxylic acids is 2. The molecule has 160 valence electrons. The molecule has 0 bridgehead atoms. The van der Waals surface area contributed by atoms with Gasteiger partial charge in [0.25, 0.3) is 5.91 Å². The molecule has 1 aliphatic heterocycles. The zero-order valence-corrected chi connectivity index (χ0v) is 19.8. The number of amides is 2. The fourth-order valence-electron chi connectivity index (χ4n) is 3.21. The first-order valence-corrected chi connectivity index (χ1v) is 11.8. The lowest BCUT2D eigenvalue weighted by molar-refractivity contribution is -0.125. The molecule has 0 saturated carbocycles. The number of rotatable bonds is 5. The Morgan fingerprint density at radius 2 is 1.73 bits per heavy atom. The highest BCUT2D eigenvalue weighted by Crippen LogP contribution is 2.43. The van der Waals surface area contributed by atoms with E-state index in [1.807, 2.05) is 32.0 Å². The second-order valence-electron chi connectivity index (χ2n) is 7.99. The second-order valence-corrected chi connectivity index (χ2v) is 9.92. The second kappa shape index (κ2) is 9.63. The van der Waals surface area contributed by atoms with E-state index in [-0.39, 0.29) is 23.2 Å². The quantitative estimate of drug-likeness (QED) is 0.615. The van der Waals surface area contributed by atoms with Crippen LogP contribution in [0.5, 0.6) is 0 Å². The molecule has 2 aromatic carbocycles. The molecule has 1 N–H and O–H groups in total. The van der Waals surface area contributed by atoms with Crippen molar-refractivity contribution in [3.63, 3.8) is 0 Å². The summed E-state index contributed by atoms with van der Waals surface area (Å²) in [5, 5.41) is 3.63. The summed E-state index contributed by atoms with van der Waals surface area (Å²) in [6.45, 7) is 8.07. The van der Waals surface area contributed by atoms with Crippen LogP contribution in [0, 0.1) is 12.8 Å². The Morgan fingerprint density at radius 1 is 1.07 bits per heavy atom. The molecule has 3 unspecified atom stereocenters. The number of nitrogens with one attached hydrogen (secondary N) is 1. The highest BCUT2D eigenvalue weighted by atomic mass is 35.5. The lowest BCUT2D eigenvalue weighted by Crippen LogP contribution is -2.50. The van der Waals surface area contributed by atoms with Crippen molar-refractivity contribution < 1.29 is 9.59 Å². The SMILES string of the molecule is Cc1ccc(C(=O)N2C(C(=O)NC(C)C(C)C)CSC2c2ccc(Cl)c(Cl)c2)cc1. The summed E-state index contributed by atoms with van der Waals surface area (Å²) in [5.74, 6) is 0.509. The molecule has 3 atom stereocenters. The van der Waals surface area contributed by atoms with Crippen molar-refractivity contribution in [3.8, 4) is 0 Å². The van der Waals surface area contributed by atoms with Crippen molar-refractivity contribution in [1.29, 1.82) is 0 Å². The Kier molecular flexibility index (Phi) is 7.38. The fraction of sp³-hybridized carbons (Fsp3) is 0.391. The molecule has 0 radical (unpaired) electrons. The van der Waals surface area contributed by atoms with E-state index in [4.69, 9.17) is 23.2 Å². The van der Waals surface area contributed by atoms with E-state index in [0.29, 0.717) is 27.3 Å². The first kappa shape index (κ1) is 23.0. The number of benzene rings is 2. The van der Waals surface area contributed by atoms with E-state index in [2.05, 4.69) is 19.2 Å². The Morgan fingerprint density at radius 3 is 2.33 bits per heavy atom. The van der Waals surface area contributed by atoms with E-state index >= 15 is 0 Å². The largest absolute Gasteiger partial charge is 0.352 e. The van der Waals surface area contributed by atoms with Gasteiger partial charge in [-0.3, -0.25) is 9.59 Å². The highest BCUT2D eigenvalue weighted by Gasteiger charge is 2.43. The Hall–Kier alpha value is -1.69. The minimum atomic E-state index is -0.565. The molecule has 2 aromatic rings. The normalized spacial score (nSPS) is 19.8. The molecule has 0 aromatic heterocycles. The molecule has 1 fully saturated rings. The monoisotopic (exact) mass is 464 g/mol. The number of aryl methyl sites for hydroxylation is 1. The smallest absolute Gasteiger partial charge is 0.255 e. The molecule has 2 amide bonds. The van der Waals surface area contributed by atoms with E-state index in [9.17, 15) is 9.59 Å². The third kappa shape index (κ3) is 4.96. The summed E-state index contributed by atoms with van der Waals surface area (Å²) in [6.07, 6.45) is 0. The van der Waals surface area contributed by atoms with Gasteiger partial charge in [-0.05, 0) is 49.6 Å². The predicted octanol–water partition coefficient (Wildman–Crippen LogP) is 5.72. The minimum Gasteiger partial charge on any atom is -0.352 e. The van der Waals surface area contributed by atoms with E-state index < -0.39 is 6.04 Å². The van der Waals surface area contributed by atoms with Crippen molar-refractivity contribution in [1.82, 2.24) is 10.2 Å². The molecule has 4 nitrogen and oxygen atoms in total. The number of nitrogens with zero attached hydrogens (tertiary/aromatic N) is 1. The van der Waals surface area contributed by atoms with Gasteiger partial charge >= 0.3 is 0 Å². The zero-order chi connectivity index (χ0) is 22.0. The molecule has 3 rings (SSSR count). The average molecular weight is 465 g/mol. The maximum Gasteiger partial charge on any atom is 0.255 e. The van der Waals surface area contributed by atoms with Gasteiger partial charge in [0.05, 0.1) is 10.0 Å². The summed E-state index contributed by atoms with van der Waals surface area (Å²) in [4.78, 5) is 28.3. The van der Waals surface area contributed by atoms with Crippen LogP contribution in [0.25, 0.3) is 0 Å². The Balaban J connectivity index is 1.96. The summed E-state index contributed by atoms with van der Waals surface area (Å²) in [6, 6.07) is 12.2. The van der Waals surface area contributed by atoms with Gasteiger partial charge in [-0.25, -0.2) is 0 Å². The van der Waals surface area contributed by atoms with Gasteiger partial charge in [-0.2, -0.15) is 0 Å². The van der Waals surface area contributed by atoms with Crippen LogP contribution < -0.4 is 5.32 Å². The van der Waals surface area contributed by atoms with Crippen LogP contribution >= 0.6 is 35.0 Å². The van der Waals surface area contributed by atoms with Crippen LogP contribution in [0.3, 0.4) is 0 Å². The average Bonchev–Trinajstić information content (AvgIpc) is 3.15. The van der Waals surface area contributed by atoms with Crippen molar-refractivity contribution >= 4 is 46.8 Å². The third-order valence-electron chi connectivity index (χ3n) is 5.43. The number of hydrogen-bond donors (Lipinski definition) is 1. The van der Waals surface area contributed by atoms with Gasteiger partial charge in [0.2, 0.25) is 5.91 Å². The van der Waals surface area contributed by atoms with Crippen molar-refractivity contribution in [2.45, 2.75) is 45.2 Å². The van der Waals surface area contributed by atoms with Crippen LogP contribution in [-0.2, 0) is 4.79 Å². The number of thioether (sulfide) groups is 1. The number of halogens is 2. The fourth-order valence-corrected chi connectivity index (χ4v) is 4.94. The van der Waals surface area contributed by atoms with Gasteiger partial charge in [0.15, 0.2) is 0 Å². The van der Waals surface area contributed by atoms with Crippen LogP contribution in [-0.4, -0.2) is 34.6 Å². The molecule has 30 heavy (non-hydrogen) atoms. The Labute approximate surface area is 192 Å². The van der Waals surface area contributed by atoms with Crippen LogP contribution in [0.2, 0.25) is 10.0 Å². The number of hydrogen-bond acceptors (Lipinski definition) is 3. The van der Waals surface area contributed by atoms with Gasteiger partial charge < -0.3 is 10.2 Å². The van der Waals surface area contributed by atoms with Crippen LogP contribution in [0.1, 0.15) is 47.6 Å². The van der Waals surface area contributed by atoms with Crippen LogP contribution in [0.15, 0.2) is 42.5 Å². The standard InChI is InChI=1S/C23H26Cl2N2O2S/c1-13(2)15(4)26-21(28)20-12-30-23(17-9-10-18(24)19(25)11-17)27(20)22(29)16-7-5-14(3)6-8-16/h5-11,13,15,20,23H,12H2,1-4H3,(H,26,28). The van der Waals surface area contributed by atoms with E-state index in [0.717, 1.165) is 11.1 Å². The molecule has 0 spiro atoms. The predicted molar refractivity (Wildman–Crippen MR) is 125 cm³/mol. The molecule has 0 aliphatic carbocycles. The van der Waals surface area contributed by atoms with Gasteiger partial charge in [0.1, 0.15) is 11.4 Å². The number of carbonyl (C=O) groups is 2. The minimum absolute atomic E-state index is 0.0165. The lowest BCUT2D eigenvalue weighted by Gasteiger charge is -2.30. The molecule has 7 heteroatoms. The van der Waals surface area contributed by atoms with Gasteiger partial charge in [-0.15, -0.1) is 11.8 Å². The molecule has 1 aliphatic rings. The van der Waals surface area contributed by atoms with Crippen molar-refractivity contribution in [2.24, 2.45) is 5.92 Å². The summed E-state index contributed by atoms with van der Waals surface area (Å²) in [7, 11) is 0. The highest BCUT2D eigenvalue weighted by molar-refractivity contribution is 7.99. The first-order valence-electron chi connectivity index (χ1n) is 9.95. The summed E-state index contributed by atoms with van der Waals surface area (Å²) >= 11 is 13.9. The molecular formula is C23H26Cl2N2O2S. The zero-order valence-electron chi connectivity index (χ0n) is 17.5. The topological polar surface area (TPSA) is 49.4 Å². The van der Waals surface area contributed by atoms with Crippen LogP contribution in [0.4, 0.5) is 0 Å². The lowest BCUT2D eigenvalue weighted by atomic mass is 10.1. The van der Waals surface area contributed by atoms with Gasteiger partial charge in [0, 0.05) is 17.4 Å². The van der Waals surface area contributed by atoms with Crippen molar-refractivity contribution in [2.75, 3.05) is 5.75 Å².